The minimum atomic E-state index is -0.920. The molecule has 0 radical (unpaired) electrons. The molecule has 0 aliphatic carbocycles. The van der Waals surface area contributed by atoms with Gasteiger partial charge in [-0.15, -0.1) is 0 Å². The third-order valence-electron chi connectivity index (χ3n) is 4.06. The van der Waals surface area contributed by atoms with Gasteiger partial charge in [-0.25, -0.2) is 14.4 Å². The lowest BCUT2D eigenvalue weighted by Crippen LogP contribution is -2.13. The molecule has 0 aliphatic heterocycles. The molecule has 0 N–H and O–H groups in total. The van der Waals surface area contributed by atoms with Crippen LogP contribution in [0.25, 0.3) is 0 Å². The Labute approximate surface area is 180 Å². The van der Waals surface area contributed by atoms with Gasteiger partial charge in [0, 0.05) is 6.08 Å². The predicted octanol–water partition coefficient (Wildman–Crippen LogP) is 4.25. The number of carbonyl (C=O) groups excluding carboxylic acids is 3. The summed E-state index contributed by atoms with van der Waals surface area (Å²) < 4.78 is 25.5. The van der Waals surface area contributed by atoms with E-state index in [4.69, 9.17) is 23.7 Å². The Morgan fingerprint density at radius 1 is 0.903 bits per heavy atom. The van der Waals surface area contributed by atoms with Gasteiger partial charge in [-0.2, -0.15) is 0 Å². The highest BCUT2D eigenvalue weighted by molar-refractivity contribution is 5.92. The summed E-state index contributed by atoms with van der Waals surface area (Å²) in [5.41, 5.74) is 1.05. The molecule has 0 spiro atoms. The van der Waals surface area contributed by atoms with Gasteiger partial charge in [0.05, 0.1) is 25.9 Å². The van der Waals surface area contributed by atoms with E-state index in [1.807, 2.05) is 19.1 Å². The number of ether oxygens (including phenoxy) is 5. The molecule has 0 saturated carbocycles. The molecule has 164 valence electrons. The number of hydrogen-bond acceptors (Lipinski definition) is 8. The summed E-state index contributed by atoms with van der Waals surface area (Å²) in [6.45, 7) is 5.42. The minimum absolute atomic E-state index is 0.0909. The number of methoxy groups -OCH3 is 1. The summed E-state index contributed by atoms with van der Waals surface area (Å²) in [6, 6.07) is 11.4. The highest BCUT2D eigenvalue weighted by Crippen LogP contribution is 2.29. The van der Waals surface area contributed by atoms with Crippen LogP contribution in [0.15, 0.2) is 55.1 Å². The normalized spacial score (nSPS) is 10.0. The van der Waals surface area contributed by atoms with Crippen LogP contribution in [0.1, 0.15) is 28.8 Å². The number of rotatable bonds is 10. The van der Waals surface area contributed by atoms with Crippen LogP contribution >= 0.6 is 0 Å². The summed E-state index contributed by atoms with van der Waals surface area (Å²) in [7, 11) is 1.38. The molecular weight excluding hydrogens is 404 g/mol. The van der Waals surface area contributed by atoms with Crippen molar-refractivity contribution < 1.29 is 38.1 Å². The van der Waals surface area contributed by atoms with Crippen molar-refractivity contribution in [3.63, 3.8) is 0 Å². The van der Waals surface area contributed by atoms with Gasteiger partial charge in [-0.05, 0) is 49.6 Å². The van der Waals surface area contributed by atoms with Crippen LogP contribution in [0.5, 0.6) is 17.2 Å². The lowest BCUT2D eigenvalue weighted by atomic mass is 10.2. The van der Waals surface area contributed by atoms with Gasteiger partial charge in [0.15, 0.2) is 11.5 Å². The molecule has 0 unspecified atom stereocenters. The maximum Gasteiger partial charge on any atom is 0.513 e. The molecule has 31 heavy (non-hydrogen) atoms. The molecular formula is C23H24O8. The third kappa shape index (κ3) is 7.50. The number of carbonyl (C=O) groups is 3. The Balaban J connectivity index is 1.87. The van der Waals surface area contributed by atoms with E-state index in [0.717, 1.165) is 11.6 Å². The number of hydrogen-bond donors (Lipinski definition) is 0. The molecule has 0 bridgehead atoms. The van der Waals surface area contributed by atoms with Crippen molar-refractivity contribution in [3.05, 3.63) is 66.2 Å². The zero-order valence-electron chi connectivity index (χ0n) is 17.4. The van der Waals surface area contributed by atoms with Crippen molar-refractivity contribution in [1.29, 1.82) is 0 Å². The molecule has 0 aromatic heterocycles. The van der Waals surface area contributed by atoms with E-state index in [9.17, 15) is 14.4 Å². The fourth-order valence-electron chi connectivity index (χ4n) is 2.42. The standard InChI is InChI=1S/C23H24O8/c1-4-21(24)28-13-7-8-14-29-23(26)31-19-12-11-17(15-20(19)27-3)22(25)30-18-10-6-5-9-16(18)2/h4-6,9-12,15H,1,7-8,13-14H2,2-3H3. The summed E-state index contributed by atoms with van der Waals surface area (Å²) in [5, 5.41) is 0. The molecule has 0 saturated heterocycles. The lowest BCUT2D eigenvalue weighted by Gasteiger charge is -2.11. The number of benzene rings is 2. The minimum Gasteiger partial charge on any atom is -0.493 e. The van der Waals surface area contributed by atoms with Crippen molar-refractivity contribution in [2.75, 3.05) is 20.3 Å². The Bertz CT molecular complexity index is 935. The van der Waals surface area contributed by atoms with E-state index >= 15 is 0 Å². The second kappa shape index (κ2) is 12.0. The number of aryl methyl sites for hydroxylation is 1. The van der Waals surface area contributed by atoms with Crippen molar-refractivity contribution in [2.45, 2.75) is 19.8 Å². The largest absolute Gasteiger partial charge is 0.513 e. The first-order valence-corrected chi connectivity index (χ1v) is 9.54. The molecule has 8 heteroatoms. The van der Waals surface area contributed by atoms with Gasteiger partial charge in [-0.3, -0.25) is 0 Å². The average Bonchev–Trinajstić information content (AvgIpc) is 2.77. The molecule has 0 fully saturated rings. The second-order valence-electron chi connectivity index (χ2n) is 6.30. The Hall–Kier alpha value is -3.81. The van der Waals surface area contributed by atoms with Gasteiger partial charge in [-0.1, -0.05) is 24.8 Å². The molecule has 0 atom stereocenters. The SMILES string of the molecule is C=CC(=O)OCCCCOC(=O)Oc1ccc(C(=O)Oc2ccccc2C)cc1OC. The second-order valence-corrected chi connectivity index (χ2v) is 6.30. The fourth-order valence-corrected chi connectivity index (χ4v) is 2.42. The van der Waals surface area contributed by atoms with Crippen LogP contribution in [0, 0.1) is 6.92 Å². The van der Waals surface area contributed by atoms with E-state index in [1.54, 1.807) is 12.1 Å². The first-order valence-electron chi connectivity index (χ1n) is 9.54. The van der Waals surface area contributed by atoms with Crippen molar-refractivity contribution in [1.82, 2.24) is 0 Å². The number of para-hydroxylation sites is 1. The van der Waals surface area contributed by atoms with Crippen LogP contribution in [0.4, 0.5) is 4.79 Å². The summed E-state index contributed by atoms with van der Waals surface area (Å²) in [5.74, 6) is -0.348. The average molecular weight is 428 g/mol. The molecule has 2 aromatic rings. The van der Waals surface area contributed by atoms with Gasteiger partial charge in [0.25, 0.3) is 0 Å². The Morgan fingerprint density at radius 2 is 1.61 bits per heavy atom. The van der Waals surface area contributed by atoms with Crippen LogP contribution in [-0.4, -0.2) is 38.4 Å². The summed E-state index contributed by atoms with van der Waals surface area (Å²) in [4.78, 5) is 35.2. The molecule has 2 rings (SSSR count). The predicted molar refractivity (Wildman–Crippen MR) is 111 cm³/mol. The lowest BCUT2D eigenvalue weighted by molar-refractivity contribution is -0.137. The van der Waals surface area contributed by atoms with Crippen molar-refractivity contribution in [3.8, 4) is 17.2 Å². The van der Waals surface area contributed by atoms with E-state index in [-0.39, 0.29) is 30.3 Å². The quantitative estimate of drug-likeness (QED) is 0.182. The van der Waals surface area contributed by atoms with Gasteiger partial charge in [0.1, 0.15) is 5.75 Å². The number of esters is 2. The van der Waals surface area contributed by atoms with Crippen LogP contribution in [0.3, 0.4) is 0 Å². The van der Waals surface area contributed by atoms with Gasteiger partial charge in [0.2, 0.25) is 0 Å². The highest BCUT2D eigenvalue weighted by Gasteiger charge is 2.16. The molecule has 2 aromatic carbocycles. The topological polar surface area (TPSA) is 97.4 Å². The van der Waals surface area contributed by atoms with Crippen LogP contribution < -0.4 is 14.2 Å². The molecule has 0 heterocycles. The van der Waals surface area contributed by atoms with Crippen molar-refractivity contribution in [2.24, 2.45) is 0 Å². The van der Waals surface area contributed by atoms with Crippen LogP contribution in [-0.2, 0) is 14.3 Å². The van der Waals surface area contributed by atoms with E-state index in [2.05, 4.69) is 6.58 Å². The first-order chi connectivity index (χ1) is 14.9. The zero-order chi connectivity index (χ0) is 22.6. The van der Waals surface area contributed by atoms with Crippen LogP contribution in [0.2, 0.25) is 0 Å². The first kappa shape index (κ1) is 23.5. The maximum atomic E-state index is 12.4. The molecule has 8 nitrogen and oxygen atoms in total. The van der Waals surface area contributed by atoms with E-state index in [1.165, 1.54) is 25.3 Å². The zero-order valence-corrected chi connectivity index (χ0v) is 17.4. The molecule has 0 amide bonds. The van der Waals surface area contributed by atoms with E-state index in [0.29, 0.717) is 18.6 Å². The Morgan fingerprint density at radius 3 is 2.29 bits per heavy atom. The third-order valence-corrected chi connectivity index (χ3v) is 4.06. The highest BCUT2D eigenvalue weighted by atomic mass is 16.7. The maximum absolute atomic E-state index is 12.4. The van der Waals surface area contributed by atoms with Crippen molar-refractivity contribution >= 4 is 18.1 Å². The fraction of sp³-hybridized carbons (Fsp3) is 0.261. The van der Waals surface area contributed by atoms with E-state index < -0.39 is 18.1 Å². The summed E-state index contributed by atoms with van der Waals surface area (Å²) in [6.07, 6.45) is 1.17. The number of unbranched alkanes of at least 4 members (excludes halogenated alkanes) is 1. The summed E-state index contributed by atoms with van der Waals surface area (Å²) >= 11 is 0. The van der Waals surface area contributed by atoms with Gasteiger partial charge >= 0.3 is 18.1 Å². The Kier molecular flexibility index (Phi) is 9.10. The monoisotopic (exact) mass is 428 g/mol. The van der Waals surface area contributed by atoms with Gasteiger partial charge < -0.3 is 23.7 Å². The molecule has 0 aliphatic rings. The smallest absolute Gasteiger partial charge is 0.493 e.